The van der Waals surface area contributed by atoms with Gasteiger partial charge in [0, 0.05) is 10.6 Å². The first-order valence-electron chi connectivity index (χ1n) is 4.37. The average molecular weight is 205 g/mol. The SMILES string of the molecule is CC(=O)c1ccc2ccc(Cl)cc2c1. The molecule has 14 heavy (non-hydrogen) atoms. The molecule has 0 atom stereocenters. The third-order valence-electron chi connectivity index (χ3n) is 2.21. The zero-order valence-corrected chi connectivity index (χ0v) is 8.51. The fraction of sp³-hybridized carbons (Fsp3) is 0.0833. The van der Waals surface area contributed by atoms with Crippen molar-refractivity contribution in [2.45, 2.75) is 6.92 Å². The summed E-state index contributed by atoms with van der Waals surface area (Å²) in [6.45, 7) is 1.56. The number of hydrogen-bond acceptors (Lipinski definition) is 1. The topological polar surface area (TPSA) is 17.1 Å². The summed E-state index contributed by atoms with van der Waals surface area (Å²) in [6.07, 6.45) is 0. The lowest BCUT2D eigenvalue weighted by atomic mass is 10.1. The van der Waals surface area contributed by atoms with E-state index in [-0.39, 0.29) is 5.78 Å². The van der Waals surface area contributed by atoms with Crippen LogP contribution in [0.25, 0.3) is 10.8 Å². The van der Waals surface area contributed by atoms with E-state index in [2.05, 4.69) is 0 Å². The van der Waals surface area contributed by atoms with Gasteiger partial charge in [-0.3, -0.25) is 4.79 Å². The summed E-state index contributed by atoms with van der Waals surface area (Å²) in [5.41, 5.74) is 0.722. The van der Waals surface area contributed by atoms with Crippen molar-refractivity contribution < 1.29 is 4.79 Å². The van der Waals surface area contributed by atoms with Gasteiger partial charge in [-0.05, 0) is 35.9 Å². The Labute approximate surface area is 87.3 Å². The molecule has 0 saturated carbocycles. The predicted octanol–water partition coefficient (Wildman–Crippen LogP) is 3.70. The lowest BCUT2D eigenvalue weighted by Gasteiger charge is -2.00. The van der Waals surface area contributed by atoms with E-state index in [4.69, 9.17) is 11.6 Å². The number of fused-ring (bicyclic) bond motifs is 1. The predicted molar refractivity (Wildman–Crippen MR) is 59.0 cm³/mol. The number of carbonyl (C=O) groups is 1. The summed E-state index contributed by atoms with van der Waals surface area (Å²) in [7, 11) is 0. The van der Waals surface area contributed by atoms with Crippen molar-refractivity contribution in [3.8, 4) is 0 Å². The molecule has 0 amide bonds. The molecule has 0 N–H and O–H groups in total. The smallest absolute Gasteiger partial charge is 0.159 e. The van der Waals surface area contributed by atoms with Crippen LogP contribution in [0.1, 0.15) is 17.3 Å². The van der Waals surface area contributed by atoms with Crippen LogP contribution in [0.5, 0.6) is 0 Å². The second-order valence-electron chi connectivity index (χ2n) is 3.26. The molecule has 0 aromatic heterocycles. The first kappa shape index (κ1) is 9.22. The fourth-order valence-corrected chi connectivity index (χ4v) is 1.62. The van der Waals surface area contributed by atoms with E-state index in [1.165, 1.54) is 0 Å². The van der Waals surface area contributed by atoms with Crippen molar-refractivity contribution in [1.29, 1.82) is 0 Å². The van der Waals surface area contributed by atoms with Gasteiger partial charge in [-0.2, -0.15) is 0 Å². The van der Waals surface area contributed by atoms with Crippen molar-refractivity contribution in [2.75, 3.05) is 0 Å². The maximum absolute atomic E-state index is 11.1. The van der Waals surface area contributed by atoms with Crippen LogP contribution < -0.4 is 0 Å². The number of carbonyl (C=O) groups excluding carboxylic acids is 1. The average Bonchev–Trinajstić information content (AvgIpc) is 2.16. The Hall–Kier alpha value is -1.34. The van der Waals surface area contributed by atoms with E-state index < -0.39 is 0 Å². The standard InChI is InChI=1S/C12H9ClO/c1-8(14)10-3-2-9-4-5-12(13)7-11(9)6-10/h2-7H,1H3. The highest BCUT2D eigenvalue weighted by Crippen LogP contribution is 2.20. The Morgan fingerprint density at radius 3 is 2.50 bits per heavy atom. The van der Waals surface area contributed by atoms with Crippen LogP contribution in [0.2, 0.25) is 5.02 Å². The molecule has 0 aliphatic carbocycles. The Morgan fingerprint density at radius 1 is 1.07 bits per heavy atom. The van der Waals surface area contributed by atoms with Crippen molar-refractivity contribution in [3.05, 3.63) is 47.0 Å². The Bertz CT molecular complexity index is 503. The second kappa shape index (κ2) is 3.43. The third kappa shape index (κ3) is 1.64. The van der Waals surface area contributed by atoms with Crippen molar-refractivity contribution >= 4 is 28.2 Å². The summed E-state index contributed by atoms with van der Waals surface area (Å²) in [4.78, 5) is 11.1. The fourth-order valence-electron chi connectivity index (χ4n) is 1.44. The van der Waals surface area contributed by atoms with Gasteiger partial charge in [0.25, 0.3) is 0 Å². The van der Waals surface area contributed by atoms with Crippen LogP contribution in [-0.2, 0) is 0 Å². The summed E-state index contributed by atoms with van der Waals surface area (Å²) in [5.74, 6) is 0.0758. The number of halogens is 1. The van der Waals surface area contributed by atoms with E-state index in [0.717, 1.165) is 16.3 Å². The molecule has 0 heterocycles. The lowest BCUT2D eigenvalue weighted by Crippen LogP contribution is -1.90. The molecule has 2 rings (SSSR count). The molecular formula is C12H9ClO. The lowest BCUT2D eigenvalue weighted by molar-refractivity contribution is 0.101. The molecule has 0 fully saturated rings. The van der Waals surface area contributed by atoms with Gasteiger partial charge in [-0.15, -0.1) is 0 Å². The van der Waals surface area contributed by atoms with E-state index in [1.807, 2.05) is 36.4 Å². The minimum Gasteiger partial charge on any atom is -0.295 e. The molecule has 2 aromatic rings. The van der Waals surface area contributed by atoms with E-state index in [9.17, 15) is 4.79 Å². The molecule has 0 unspecified atom stereocenters. The maximum atomic E-state index is 11.1. The minimum absolute atomic E-state index is 0.0758. The molecular weight excluding hydrogens is 196 g/mol. The van der Waals surface area contributed by atoms with Crippen LogP contribution in [0, 0.1) is 0 Å². The van der Waals surface area contributed by atoms with Crippen molar-refractivity contribution in [1.82, 2.24) is 0 Å². The van der Waals surface area contributed by atoms with Crippen LogP contribution in [0.4, 0.5) is 0 Å². The zero-order chi connectivity index (χ0) is 10.1. The van der Waals surface area contributed by atoms with Gasteiger partial charge in [0.15, 0.2) is 5.78 Å². The molecule has 0 radical (unpaired) electrons. The molecule has 0 spiro atoms. The van der Waals surface area contributed by atoms with Crippen LogP contribution in [-0.4, -0.2) is 5.78 Å². The zero-order valence-electron chi connectivity index (χ0n) is 7.75. The van der Waals surface area contributed by atoms with Crippen LogP contribution in [0.15, 0.2) is 36.4 Å². The van der Waals surface area contributed by atoms with Gasteiger partial charge in [-0.1, -0.05) is 29.8 Å². The summed E-state index contributed by atoms with van der Waals surface area (Å²) < 4.78 is 0. The van der Waals surface area contributed by atoms with Crippen molar-refractivity contribution in [2.24, 2.45) is 0 Å². The summed E-state index contributed by atoms with van der Waals surface area (Å²) in [5, 5.41) is 2.79. The third-order valence-corrected chi connectivity index (χ3v) is 2.44. The monoisotopic (exact) mass is 204 g/mol. The van der Waals surface area contributed by atoms with Gasteiger partial charge >= 0.3 is 0 Å². The first-order chi connectivity index (χ1) is 6.66. The molecule has 0 saturated heterocycles. The molecule has 0 aliphatic rings. The molecule has 0 aliphatic heterocycles. The number of benzene rings is 2. The highest BCUT2D eigenvalue weighted by atomic mass is 35.5. The summed E-state index contributed by atoms with van der Waals surface area (Å²) >= 11 is 5.87. The molecule has 1 nitrogen and oxygen atoms in total. The van der Waals surface area contributed by atoms with Crippen LogP contribution in [0.3, 0.4) is 0 Å². The Morgan fingerprint density at radius 2 is 1.79 bits per heavy atom. The molecule has 0 bridgehead atoms. The van der Waals surface area contributed by atoms with E-state index >= 15 is 0 Å². The van der Waals surface area contributed by atoms with Gasteiger partial charge < -0.3 is 0 Å². The van der Waals surface area contributed by atoms with Crippen molar-refractivity contribution in [3.63, 3.8) is 0 Å². The van der Waals surface area contributed by atoms with Gasteiger partial charge in [0.2, 0.25) is 0 Å². The first-order valence-corrected chi connectivity index (χ1v) is 4.75. The normalized spacial score (nSPS) is 10.4. The van der Waals surface area contributed by atoms with E-state index in [0.29, 0.717) is 5.02 Å². The van der Waals surface area contributed by atoms with Crippen LogP contribution >= 0.6 is 11.6 Å². The Kier molecular flexibility index (Phi) is 2.26. The number of hydrogen-bond donors (Lipinski definition) is 0. The largest absolute Gasteiger partial charge is 0.295 e. The highest BCUT2D eigenvalue weighted by Gasteiger charge is 2.00. The van der Waals surface area contributed by atoms with Gasteiger partial charge in [-0.25, -0.2) is 0 Å². The van der Waals surface area contributed by atoms with Gasteiger partial charge in [0.1, 0.15) is 0 Å². The number of rotatable bonds is 1. The number of Topliss-reactive ketones (excluding diaryl/α,β-unsaturated/α-hetero) is 1. The Balaban J connectivity index is 2.69. The molecule has 2 heteroatoms. The van der Waals surface area contributed by atoms with Gasteiger partial charge in [0.05, 0.1) is 0 Å². The number of ketones is 1. The quantitative estimate of drug-likeness (QED) is 0.648. The second-order valence-corrected chi connectivity index (χ2v) is 3.70. The van der Waals surface area contributed by atoms with E-state index in [1.54, 1.807) is 6.92 Å². The molecule has 2 aromatic carbocycles. The highest BCUT2D eigenvalue weighted by molar-refractivity contribution is 6.31. The molecule has 70 valence electrons. The minimum atomic E-state index is 0.0758. The maximum Gasteiger partial charge on any atom is 0.159 e. The summed E-state index contributed by atoms with van der Waals surface area (Å²) in [6, 6.07) is 11.3.